The summed E-state index contributed by atoms with van der Waals surface area (Å²) in [4.78, 5) is 14.9. The van der Waals surface area contributed by atoms with Crippen LogP contribution in [0.4, 0.5) is 0 Å². The van der Waals surface area contributed by atoms with Crippen molar-refractivity contribution >= 4 is 17.2 Å². The predicted molar refractivity (Wildman–Crippen MR) is 60.3 cm³/mol. The van der Waals surface area contributed by atoms with Crippen molar-refractivity contribution < 1.29 is 9.53 Å². The molecule has 0 radical (unpaired) electrons. The molecule has 82 valence electrons. The Kier molecular flexibility index (Phi) is 2.80. The van der Waals surface area contributed by atoms with Gasteiger partial charge in [0.05, 0.1) is 23.6 Å². The number of hydrogen-bond acceptors (Lipinski definition) is 3. The molecule has 1 aromatic rings. The van der Waals surface area contributed by atoms with Gasteiger partial charge in [0.2, 0.25) is 0 Å². The number of morpholine rings is 1. The van der Waals surface area contributed by atoms with Crippen LogP contribution < -0.4 is 0 Å². The summed E-state index contributed by atoms with van der Waals surface area (Å²) in [6, 6.07) is 3.78. The largest absolute Gasteiger partial charge is 0.377 e. The average molecular weight is 225 g/mol. The normalized spacial score (nSPS) is 20.3. The molecule has 1 aliphatic rings. The summed E-state index contributed by atoms with van der Waals surface area (Å²) < 4.78 is 5.39. The van der Waals surface area contributed by atoms with E-state index < -0.39 is 0 Å². The molecule has 1 amide bonds. The van der Waals surface area contributed by atoms with E-state index in [0.717, 1.165) is 4.88 Å². The Labute approximate surface area is 93.7 Å². The van der Waals surface area contributed by atoms with Crippen LogP contribution in [0.2, 0.25) is 0 Å². The van der Waals surface area contributed by atoms with E-state index in [9.17, 15) is 4.79 Å². The third-order valence-corrected chi connectivity index (χ3v) is 3.48. The zero-order valence-corrected chi connectivity index (χ0v) is 9.84. The highest BCUT2D eigenvalue weighted by molar-refractivity contribution is 7.12. The van der Waals surface area contributed by atoms with Gasteiger partial charge in [0.15, 0.2) is 0 Å². The lowest BCUT2D eigenvalue weighted by atomic mass is 10.0. The van der Waals surface area contributed by atoms with Gasteiger partial charge in [-0.05, 0) is 25.3 Å². The van der Waals surface area contributed by atoms with E-state index in [1.807, 2.05) is 36.3 Å². The van der Waals surface area contributed by atoms with E-state index in [1.54, 1.807) is 0 Å². The minimum atomic E-state index is -0.195. The van der Waals surface area contributed by atoms with Gasteiger partial charge in [0.1, 0.15) is 0 Å². The maximum absolute atomic E-state index is 12.2. The minimum Gasteiger partial charge on any atom is -0.377 e. The third kappa shape index (κ3) is 2.06. The zero-order chi connectivity index (χ0) is 10.9. The van der Waals surface area contributed by atoms with Crippen molar-refractivity contribution in [3.8, 4) is 0 Å². The smallest absolute Gasteiger partial charge is 0.264 e. The van der Waals surface area contributed by atoms with E-state index in [2.05, 4.69) is 0 Å². The number of nitrogens with zero attached hydrogens (tertiary/aromatic N) is 1. The summed E-state index contributed by atoms with van der Waals surface area (Å²) in [7, 11) is 0. The molecule has 0 bridgehead atoms. The van der Waals surface area contributed by atoms with Crippen molar-refractivity contribution in [2.45, 2.75) is 19.4 Å². The van der Waals surface area contributed by atoms with Gasteiger partial charge in [-0.15, -0.1) is 11.3 Å². The monoisotopic (exact) mass is 225 g/mol. The number of rotatable bonds is 1. The van der Waals surface area contributed by atoms with Crippen molar-refractivity contribution in [1.82, 2.24) is 4.90 Å². The molecule has 1 fully saturated rings. The summed E-state index contributed by atoms with van der Waals surface area (Å²) in [5.74, 6) is 0.123. The second-order valence-electron chi connectivity index (χ2n) is 4.30. The van der Waals surface area contributed by atoms with E-state index in [-0.39, 0.29) is 11.4 Å². The summed E-state index contributed by atoms with van der Waals surface area (Å²) in [5.41, 5.74) is -0.195. The summed E-state index contributed by atoms with van der Waals surface area (Å²) in [6.07, 6.45) is 0. The first kappa shape index (κ1) is 10.6. The highest BCUT2D eigenvalue weighted by Crippen LogP contribution is 2.23. The van der Waals surface area contributed by atoms with Gasteiger partial charge >= 0.3 is 0 Å². The van der Waals surface area contributed by atoms with Gasteiger partial charge < -0.3 is 9.64 Å². The molecular weight excluding hydrogens is 210 g/mol. The number of carbonyl (C=O) groups excluding carboxylic acids is 1. The standard InChI is InChI=1S/C11H15NO2S/c1-11(2)8-14-6-5-12(11)10(13)9-4-3-7-15-9/h3-4,7H,5-6,8H2,1-2H3. The summed E-state index contributed by atoms with van der Waals surface area (Å²) >= 11 is 1.49. The van der Waals surface area contributed by atoms with E-state index in [1.165, 1.54) is 11.3 Å². The molecule has 4 heteroatoms. The Morgan fingerprint density at radius 3 is 3.00 bits per heavy atom. The van der Waals surface area contributed by atoms with E-state index in [4.69, 9.17) is 4.74 Å². The fraction of sp³-hybridized carbons (Fsp3) is 0.545. The molecule has 0 N–H and O–H groups in total. The Bertz CT molecular complexity index is 345. The Morgan fingerprint density at radius 2 is 2.40 bits per heavy atom. The molecule has 0 aliphatic carbocycles. The van der Waals surface area contributed by atoms with Gasteiger partial charge in [-0.1, -0.05) is 6.07 Å². The first-order chi connectivity index (χ1) is 7.11. The van der Waals surface area contributed by atoms with Crippen LogP contribution in [0.5, 0.6) is 0 Å². The number of amides is 1. The van der Waals surface area contributed by atoms with Crippen LogP contribution in [-0.2, 0) is 4.74 Å². The van der Waals surface area contributed by atoms with E-state index in [0.29, 0.717) is 19.8 Å². The number of thiophene rings is 1. The first-order valence-electron chi connectivity index (χ1n) is 5.04. The average Bonchev–Trinajstić information content (AvgIpc) is 2.69. The molecule has 15 heavy (non-hydrogen) atoms. The topological polar surface area (TPSA) is 29.5 Å². The highest BCUT2D eigenvalue weighted by Gasteiger charge is 2.34. The molecule has 1 aromatic heterocycles. The van der Waals surface area contributed by atoms with Gasteiger partial charge in [-0.25, -0.2) is 0 Å². The lowest BCUT2D eigenvalue weighted by Gasteiger charge is -2.41. The maximum Gasteiger partial charge on any atom is 0.264 e. The lowest BCUT2D eigenvalue weighted by molar-refractivity contribution is -0.0368. The van der Waals surface area contributed by atoms with Crippen LogP contribution in [0, 0.1) is 0 Å². The molecule has 0 unspecified atom stereocenters. The third-order valence-electron chi connectivity index (χ3n) is 2.62. The fourth-order valence-corrected chi connectivity index (χ4v) is 2.44. The molecule has 0 saturated carbocycles. The first-order valence-corrected chi connectivity index (χ1v) is 5.92. The number of hydrogen-bond donors (Lipinski definition) is 0. The van der Waals surface area contributed by atoms with Crippen LogP contribution in [-0.4, -0.2) is 36.1 Å². The Morgan fingerprint density at radius 1 is 1.60 bits per heavy atom. The van der Waals surface area contributed by atoms with Gasteiger partial charge in [-0.2, -0.15) is 0 Å². The number of ether oxygens (including phenoxy) is 1. The second-order valence-corrected chi connectivity index (χ2v) is 5.25. The molecule has 2 rings (SSSR count). The SMILES string of the molecule is CC1(C)COCCN1C(=O)c1cccs1. The molecule has 0 aromatic carbocycles. The molecule has 0 spiro atoms. The van der Waals surface area contributed by atoms with Crippen molar-refractivity contribution in [3.63, 3.8) is 0 Å². The van der Waals surface area contributed by atoms with Crippen molar-refractivity contribution in [1.29, 1.82) is 0 Å². The number of carbonyl (C=O) groups is 1. The molecular formula is C11H15NO2S. The van der Waals surface area contributed by atoms with Crippen LogP contribution in [0.1, 0.15) is 23.5 Å². The van der Waals surface area contributed by atoms with Gasteiger partial charge in [0.25, 0.3) is 5.91 Å². The Hall–Kier alpha value is -0.870. The second kappa shape index (κ2) is 3.94. The van der Waals surface area contributed by atoms with Crippen molar-refractivity contribution in [3.05, 3.63) is 22.4 Å². The Balaban J connectivity index is 2.19. The highest BCUT2D eigenvalue weighted by atomic mass is 32.1. The molecule has 1 saturated heterocycles. The summed E-state index contributed by atoms with van der Waals surface area (Å²) in [6.45, 7) is 6.02. The zero-order valence-electron chi connectivity index (χ0n) is 9.03. The van der Waals surface area contributed by atoms with Crippen LogP contribution >= 0.6 is 11.3 Å². The van der Waals surface area contributed by atoms with Crippen LogP contribution in [0.3, 0.4) is 0 Å². The lowest BCUT2D eigenvalue weighted by Crippen LogP contribution is -2.55. The van der Waals surface area contributed by atoms with Gasteiger partial charge in [0, 0.05) is 6.54 Å². The van der Waals surface area contributed by atoms with Crippen molar-refractivity contribution in [2.75, 3.05) is 19.8 Å². The van der Waals surface area contributed by atoms with Crippen molar-refractivity contribution in [2.24, 2.45) is 0 Å². The van der Waals surface area contributed by atoms with Crippen LogP contribution in [0.25, 0.3) is 0 Å². The summed E-state index contributed by atoms with van der Waals surface area (Å²) in [5, 5.41) is 1.93. The quantitative estimate of drug-likeness (QED) is 0.731. The molecule has 2 heterocycles. The minimum absolute atomic E-state index is 0.123. The van der Waals surface area contributed by atoms with Gasteiger partial charge in [-0.3, -0.25) is 4.79 Å². The molecule has 3 nitrogen and oxygen atoms in total. The molecule has 0 atom stereocenters. The van der Waals surface area contributed by atoms with E-state index >= 15 is 0 Å². The maximum atomic E-state index is 12.2. The predicted octanol–water partition coefficient (Wildman–Crippen LogP) is 2.00. The fourth-order valence-electron chi connectivity index (χ4n) is 1.77. The molecule has 1 aliphatic heterocycles. The van der Waals surface area contributed by atoms with Crippen LogP contribution in [0.15, 0.2) is 17.5 Å².